The number of carbonyl (C=O) groups excluding carboxylic acids is 2. The second-order valence-corrected chi connectivity index (χ2v) is 6.98. The van der Waals surface area contributed by atoms with E-state index in [1.807, 2.05) is 20.8 Å². The summed E-state index contributed by atoms with van der Waals surface area (Å²) in [5, 5.41) is 15.3. The molecule has 0 aromatic heterocycles. The standard InChI is InChI=1S/C10H20N2O3.C7H4ClFO/c1-10(2,3)15-9(14)12-7-6-11-5-4-8(7)13;8-6-3-1-2-5(4-10)7(6)9/h7-8,11,13H,4-6H2,1-3H3,(H,12,14);1-4H/t7-,8-;/m0./s1. The van der Waals surface area contributed by atoms with Gasteiger partial charge in [0, 0.05) is 6.54 Å². The van der Waals surface area contributed by atoms with E-state index in [0.717, 1.165) is 6.54 Å². The first-order valence-corrected chi connectivity index (χ1v) is 8.29. The molecule has 25 heavy (non-hydrogen) atoms. The third-order valence-corrected chi connectivity index (χ3v) is 3.55. The van der Waals surface area contributed by atoms with Gasteiger partial charge in [-0.3, -0.25) is 4.79 Å². The molecule has 1 aromatic carbocycles. The maximum atomic E-state index is 12.6. The number of aliphatic hydroxyl groups excluding tert-OH is 1. The van der Waals surface area contributed by atoms with Crippen LogP contribution in [0.1, 0.15) is 37.6 Å². The van der Waals surface area contributed by atoms with Gasteiger partial charge in [-0.1, -0.05) is 17.7 Å². The molecule has 3 N–H and O–H groups in total. The summed E-state index contributed by atoms with van der Waals surface area (Å²) in [6.45, 7) is 6.79. The van der Waals surface area contributed by atoms with Crippen molar-refractivity contribution in [3.63, 3.8) is 0 Å². The van der Waals surface area contributed by atoms with Gasteiger partial charge in [0.1, 0.15) is 5.60 Å². The summed E-state index contributed by atoms with van der Waals surface area (Å²) in [6, 6.07) is 4.03. The zero-order valence-corrected chi connectivity index (χ0v) is 15.3. The predicted octanol–water partition coefficient (Wildman–Crippen LogP) is 2.53. The topological polar surface area (TPSA) is 87.7 Å². The Morgan fingerprint density at radius 1 is 1.48 bits per heavy atom. The van der Waals surface area contributed by atoms with Gasteiger partial charge in [-0.15, -0.1) is 0 Å². The van der Waals surface area contributed by atoms with Crippen molar-refractivity contribution in [2.45, 2.75) is 44.9 Å². The molecular weight excluding hydrogens is 351 g/mol. The van der Waals surface area contributed by atoms with E-state index < -0.39 is 23.6 Å². The van der Waals surface area contributed by atoms with E-state index in [-0.39, 0.29) is 16.6 Å². The lowest BCUT2D eigenvalue weighted by atomic mass is 10.0. The second kappa shape index (κ2) is 9.70. The number of halogens is 2. The second-order valence-electron chi connectivity index (χ2n) is 6.57. The number of aldehydes is 1. The number of amides is 1. The van der Waals surface area contributed by atoms with Crippen molar-refractivity contribution in [1.82, 2.24) is 10.6 Å². The molecule has 8 heteroatoms. The van der Waals surface area contributed by atoms with E-state index in [0.29, 0.717) is 19.3 Å². The number of piperidine rings is 1. The fourth-order valence-corrected chi connectivity index (χ4v) is 2.24. The molecule has 1 fully saturated rings. The van der Waals surface area contributed by atoms with Crippen LogP contribution in [0.15, 0.2) is 18.2 Å². The van der Waals surface area contributed by atoms with Gasteiger partial charge in [0.15, 0.2) is 12.1 Å². The van der Waals surface area contributed by atoms with Crippen LogP contribution in [0.3, 0.4) is 0 Å². The molecule has 2 atom stereocenters. The molecule has 0 spiro atoms. The van der Waals surface area contributed by atoms with Crippen LogP contribution < -0.4 is 10.6 Å². The van der Waals surface area contributed by atoms with Gasteiger partial charge >= 0.3 is 6.09 Å². The fourth-order valence-electron chi connectivity index (χ4n) is 2.06. The van der Waals surface area contributed by atoms with Crippen molar-refractivity contribution in [1.29, 1.82) is 0 Å². The minimum absolute atomic E-state index is 0.00694. The van der Waals surface area contributed by atoms with Crippen LogP contribution in [0.25, 0.3) is 0 Å². The largest absolute Gasteiger partial charge is 0.444 e. The molecule has 1 amide bonds. The Morgan fingerprint density at radius 3 is 2.68 bits per heavy atom. The number of hydrogen-bond acceptors (Lipinski definition) is 5. The number of benzene rings is 1. The van der Waals surface area contributed by atoms with E-state index in [9.17, 15) is 19.1 Å². The van der Waals surface area contributed by atoms with Crippen LogP contribution in [-0.2, 0) is 4.74 Å². The van der Waals surface area contributed by atoms with Crippen LogP contribution in [0.4, 0.5) is 9.18 Å². The van der Waals surface area contributed by atoms with Crippen LogP contribution in [0.2, 0.25) is 5.02 Å². The third-order valence-electron chi connectivity index (χ3n) is 3.26. The number of nitrogens with one attached hydrogen (secondary N) is 2. The van der Waals surface area contributed by atoms with Gasteiger partial charge in [0.25, 0.3) is 0 Å². The molecule has 6 nitrogen and oxygen atoms in total. The first kappa shape index (κ1) is 21.3. The Bertz CT molecular complexity index is 593. The zero-order valence-electron chi connectivity index (χ0n) is 14.5. The Labute approximate surface area is 151 Å². The van der Waals surface area contributed by atoms with Crippen molar-refractivity contribution in [3.8, 4) is 0 Å². The molecule has 0 radical (unpaired) electrons. The van der Waals surface area contributed by atoms with Gasteiger partial charge in [-0.05, 0) is 45.9 Å². The lowest BCUT2D eigenvalue weighted by Crippen LogP contribution is -2.54. The molecule has 1 aliphatic rings. The summed E-state index contributed by atoms with van der Waals surface area (Å²) in [7, 11) is 0. The Balaban J connectivity index is 0.000000271. The number of alkyl carbamates (subject to hydrolysis) is 1. The Kier molecular flexibility index (Phi) is 8.28. The van der Waals surface area contributed by atoms with Crippen LogP contribution >= 0.6 is 11.6 Å². The summed E-state index contributed by atoms with van der Waals surface area (Å²) < 4.78 is 17.7. The Morgan fingerprint density at radius 2 is 2.16 bits per heavy atom. The van der Waals surface area contributed by atoms with Gasteiger partial charge in [0.05, 0.1) is 22.7 Å². The molecule has 1 aliphatic heterocycles. The summed E-state index contributed by atoms with van der Waals surface area (Å²) in [6.07, 6.45) is 0.121. The van der Waals surface area contributed by atoms with Gasteiger partial charge < -0.3 is 20.5 Å². The highest BCUT2D eigenvalue weighted by atomic mass is 35.5. The quantitative estimate of drug-likeness (QED) is 0.692. The summed E-state index contributed by atoms with van der Waals surface area (Å²) >= 11 is 5.36. The first-order valence-electron chi connectivity index (χ1n) is 7.91. The normalized spacial score (nSPS) is 20.1. The molecule has 0 unspecified atom stereocenters. The number of hydrogen-bond donors (Lipinski definition) is 3. The van der Waals surface area contributed by atoms with Crippen molar-refractivity contribution in [2.24, 2.45) is 0 Å². The van der Waals surface area contributed by atoms with Crippen LogP contribution in [0, 0.1) is 5.82 Å². The highest BCUT2D eigenvalue weighted by Crippen LogP contribution is 2.15. The Hall–Kier alpha value is -1.70. The smallest absolute Gasteiger partial charge is 0.408 e. The minimum Gasteiger partial charge on any atom is -0.444 e. The van der Waals surface area contributed by atoms with Gasteiger partial charge in [0.2, 0.25) is 0 Å². The van der Waals surface area contributed by atoms with Crippen molar-refractivity contribution < 1.29 is 23.8 Å². The van der Waals surface area contributed by atoms with Gasteiger partial charge in [-0.2, -0.15) is 0 Å². The molecule has 0 bridgehead atoms. The number of rotatable bonds is 2. The summed E-state index contributed by atoms with van der Waals surface area (Å²) in [5.74, 6) is -0.654. The average molecular weight is 375 g/mol. The summed E-state index contributed by atoms with van der Waals surface area (Å²) in [5.41, 5.74) is -0.510. The maximum Gasteiger partial charge on any atom is 0.408 e. The number of carbonyl (C=O) groups is 2. The molecule has 0 saturated carbocycles. The maximum absolute atomic E-state index is 12.6. The third kappa shape index (κ3) is 7.81. The van der Waals surface area contributed by atoms with E-state index >= 15 is 0 Å². The molecule has 1 heterocycles. The van der Waals surface area contributed by atoms with E-state index in [1.54, 1.807) is 0 Å². The molecule has 0 aliphatic carbocycles. The molecule has 1 saturated heterocycles. The van der Waals surface area contributed by atoms with Gasteiger partial charge in [-0.25, -0.2) is 9.18 Å². The highest BCUT2D eigenvalue weighted by Gasteiger charge is 2.26. The molecule has 2 rings (SSSR count). The summed E-state index contributed by atoms with van der Waals surface area (Å²) in [4.78, 5) is 21.5. The zero-order chi connectivity index (χ0) is 19.0. The van der Waals surface area contributed by atoms with Crippen molar-refractivity contribution >= 4 is 24.0 Å². The predicted molar refractivity (Wildman–Crippen MR) is 93.4 cm³/mol. The molecular formula is C17H24ClFN2O4. The van der Waals surface area contributed by atoms with Crippen molar-refractivity contribution in [2.75, 3.05) is 13.1 Å². The van der Waals surface area contributed by atoms with E-state index in [4.69, 9.17) is 16.3 Å². The van der Waals surface area contributed by atoms with Crippen molar-refractivity contribution in [3.05, 3.63) is 34.6 Å². The fraction of sp³-hybridized carbons (Fsp3) is 0.529. The first-order chi connectivity index (χ1) is 11.6. The number of ether oxygens (including phenoxy) is 1. The lowest BCUT2D eigenvalue weighted by molar-refractivity contribution is 0.0383. The SMILES string of the molecule is CC(C)(C)OC(=O)N[C@H]1CNCC[C@@H]1O.O=Cc1cccc(Cl)c1F. The molecule has 1 aromatic rings. The monoisotopic (exact) mass is 374 g/mol. The minimum atomic E-state index is -0.654. The van der Waals surface area contributed by atoms with E-state index in [2.05, 4.69) is 10.6 Å². The highest BCUT2D eigenvalue weighted by molar-refractivity contribution is 6.31. The van der Waals surface area contributed by atoms with Crippen LogP contribution in [-0.4, -0.2) is 48.3 Å². The molecule has 140 valence electrons. The average Bonchev–Trinajstić information content (AvgIpc) is 2.51. The van der Waals surface area contributed by atoms with Crippen LogP contribution in [0.5, 0.6) is 0 Å². The van der Waals surface area contributed by atoms with E-state index in [1.165, 1.54) is 18.2 Å². The number of aliphatic hydroxyl groups is 1. The lowest BCUT2D eigenvalue weighted by Gasteiger charge is -2.30.